The average molecular weight is 409 g/mol. The average Bonchev–Trinajstić information content (AvgIpc) is 2.78. The van der Waals surface area contributed by atoms with Gasteiger partial charge in [-0.25, -0.2) is 0 Å². The van der Waals surface area contributed by atoms with Gasteiger partial charge in [-0.3, -0.25) is 9.78 Å². The van der Waals surface area contributed by atoms with Gasteiger partial charge in [0.15, 0.2) is 0 Å². The molecule has 6 heteroatoms. The van der Waals surface area contributed by atoms with E-state index in [4.69, 9.17) is 0 Å². The van der Waals surface area contributed by atoms with Gasteiger partial charge in [0.25, 0.3) is 5.91 Å². The van der Waals surface area contributed by atoms with Crippen LogP contribution in [0.3, 0.4) is 0 Å². The van der Waals surface area contributed by atoms with Crippen LogP contribution in [0.5, 0.6) is 0 Å². The van der Waals surface area contributed by atoms with Crippen molar-refractivity contribution in [1.29, 1.82) is 0 Å². The maximum Gasteiger partial charge on any atom is 0.253 e. The highest BCUT2D eigenvalue weighted by Gasteiger charge is 2.24. The van der Waals surface area contributed by atoms with Crippen molar-refractivity contribution in [3.63, 3.8) is 0 Å². The number of nitrogens with zero attached hydrogens (tertiary/aromatic N) is 3. The number of rotatable bonds is 5. The van der Waals surface area contributed by atoms with Gasteiger partial charge < -0.3 is 20.2 Å². The zero-order valence-electron chi connectivity index (χ0n) is 17.8. The Hall–Kier alpha value is -2.44. The smallest absolute Gasteiger partial charge is 0.253 e. The number of piperidine rings is 2. The van der Waals surface area contributed by atoms with E-state index in [0.29, 0.717) is 18.2 Å². The highest BCUT2D eigenvalue weighted by atomic mass is 16.3. The maximum atomic E-state index is 12.7. The van der Waals surface area contributed by atoms with Crippen LogP contribution in [0.25, 0.3) is 0 Å². The van der Waals surface area contributed by atoms with Crippen LogP contribution in [-0.4, -0.2) is 59.2 Å². The molecule has 6 nitrogen and oxygen atoms in total. The molecule has 4 rings (SSSR count). The van der Waals surface area contributed by atoms with E-state index in [9.17, 15) is 9.90 Å². The number of nitrogens with one attached hydrogen (secondary N) is 1. The van der Waals surface area contributed by atoms with Gasteiger partial charge in [-0.15, -0.1) is 0 Å². The summed E-state index contributed by atoms with van der Waals surface area (Å²) in [6.45, 7) is 6.02. The van der Waals surface area contributed by atoms with Gasteiger partial charge in [0.2, 0.25) is 0 Å². The number of hydrogen-bond acceptors (Lipinski definition) is 5. The SMILES string of the molecule is Cc1cccc(CNC2CCN(c3ccc(C(=O)N4CCC[C@@H](O)C4)cc3)CC2)n1. The van der Waals surface area contributed by atoms with E-state index in [-0.39, 0.29) is 5.91 Å². The van der Waals surface area contributed by atoms with Gasteiger partial charge in [-0.1, -0.05) is 6.07 Å². The van der Waals surface area contributed by atoms with Gasteiger partial charge in [-0.05, 0) is 69.0 Å². The molecular weight excluding hydrogens is 376 g/mol. The molecule has 0 spiro atoms. The van der Waals surface area contributed by atoms with Crippen molar-refractivity contribution in [1.82, 2.24) is 15.2 Å². The van der Waals surface area contributed by atoms with Crippen molar-refractivity contribution in [2.24, 2.45) is 0 Å². The fourth-order valence-corrected chi connectivity index (χ4v) is 4.43. The number of hydrogen-bond donors (Lipinski definition) is 2. The molecule has 0 saturated carbocycles. The second kappa shape index (κ2) is 9.58. The van der Waals surface area contributed by atoms with Crippen molar-refractivity contribution in [3.8, 4) is 0 Å². The number of aromatic nitrogens is 1. The normalized spacial score (nSPS) is 20.4. The first kappa shape index (κ1) is 20.8. The molecule has 2 N–H and O–H groups in total. The van der Waals surface area contributed by atoms with Gasteiger partial charge in [-0.2, -0.15) is 0 Å². The van der Waals surface area contributed by atoms with Crippen LogP contribution in [0, 0.1) is 6.92 Å². The lowest BCUT2D eigenvalue weighted by Crippen LogP contribution is -2.42. The molecule has 2 fully saturated rings. The summed E-state index contributed by atoms with van der Waals surface area (Å²) in [6.07, 6.45) is 3.46. The molecule has 0 unspecified atom stereocenters. The third kappa shape index (κ3) is 5.18. The molecule has 3 heterocycles. The minimum atomic E-state index is -0.390. The maximum absolute atomic E-state index is 12.7. The van der Waals surface area contributed by atoms with Gasteiger partial charge in [0, 0.05) is 55.7 Å². The summed E-state index contributed by atoms with van der Waals surface area (Å²) in [6, 6.07) is 14.6. The van der Waals surface area contributed by atoms with Crippen LogP contribution in [0.15, 0.2) is 42.5 Å². The van der Waals surface area contributed by atoms with Crippen molar-refractivity contribution in [3.05, 3.63) is 59.4 Å². The zero-order valence-corrected chi connectivity index (χ0v) is 17.8. The van der Waals surface area contributed by atoms with Gasteiger partial charge >= 0.3 is 0 Å². The highest BCUT2D eigenvalue weighted by molar-refractivity contribution is 5.94. The van der Waals surface area contributed by atoms with Crippen LogP contribution < -0.4 is 10.2 Å². The van der Waals surface area contributed by atoms with E-state index in [1.807, 2.05) is 25.1 Å². The van der Waals surface area contributed by atoms with Crippen LogP contribution >= 0.6 is 0 Å². The zero-order chi connectivity index (χ0) is 20.9. The molecule has 0 bridgehead atoms. The topological polar surface area (TPSA) is 68.7 Å². The first-order valence-corrected chi connectivity index (χ1v) is 11.1. The van der Waals surface area contributed by atoms with Gasteiger partial charge in [0.05, 0.1) is 11.8 Å². The van der Waals surface area contributed by atoms with E-state index in [0.717, 1.165) is 63.3 Å². The predicted octanol–water partition coefficient (Wildman–Crippen LogP) is 2.75. The van der Waals surface area contributed by atoms with E-state index in [2.05, 4.69) is 39.5 Å². The number of carbonyl (C=O) groups excluding carboxylic acids is 1. The van der Waals surface area contributed by atoms with Crippen molar-refractivity contribution >= 4 is 11.6 Å². The third-order valence-electron chi connectivity index (χ3n) is 6.18. The molecule has 2 saturated heterocycles. The summed E-state index contributed by atoms with van der Waals surface area (Å²) in [5.74, 6) is 0.0213. The number of β-amino-alcohol motifs (C(OH)–C–C–N with tert-alkyl or cyclic N) is 1. The number of aliphatic hydroxyl groups is 1. The summed E-state index contributed by atoms with van der Waals surface area (Å²) < 4.78 is 0. The highest BCUT2D eigenvalue weighted by Crippen LogP contribution is 2.22. The fraction of sp³-hybridized carbons (Fsp3) is 0.500. The van der Waals surface area contributed by atoms with E-state index >= 15 is 0 Å². The van der Waals surface area contributed by atoms with Gasteiger partial charge in [0.1, 0.15) is 0 Å². The summed E-state index contributed by atoms with van der Waals surface area (Å²) >= 11 is 0. The minimum absolute atomic E-state index is 0.0213. The Bertz CT molecular complexity index is 847. The molecule has 1 atom stereocenters. The summed E-state index contributed by atoms with van der Waals surface area (Å²) in [5, 5.41) is 13.5. The van der Waals surface area contributed by atoms with Crippen molar-refractivity contribution < 1.29 is 9.90 Å². The van der Waals surface area contributed by atoms with Crippen LogP contribution in [0.2, 0.25) is 0 Å². The number of pyridine rings is 1. The Morgan fingerprint density at radius 2 is 1.87 bits per heavy atom. The quantitative estimate of drug-likeness (QED) is 0.796. The number of amides is 1. The first-order valence-electron chi connectivity index (χ1n) is 11.1. The number of aryl methyl sites for hydroxylation is 1. The van der Waals surface area contributed by atoms with Crippen LogP contribution in [-0.2, 0) is 6.54 Å². The Balaban J connectivity index is 1.27. The Kier molecular flexibility index (Phi) is 6.65. The minimum Gasteiger partial charge on any atom is -0.391 e. The molecular formula is C24H32N4O2. The molecule has 30 heavy (non-hydrogen) atoms. The number of carbonyl (C=O) groups is 1. The van der Waals surface area contributed by atoms with E-state index in [1.54, 1.807) is 4.90 Å². The molecule has 2 aromatic rings. The third-order valence-corrected chi connectivity index (χ3v) is 6.18. The number of benzene rings is 1. The van der Waals surface area contributed by atoms with Crippen LogP contribution in [0.4, 0.5) is 5.69 Å². The molecule has 160 valence electrons. The van der Waals surface area contributed by atoms with E-state index in [1.165, 1.54) is 5.69 Å². The molecule has 1 amide bonds. The lowest BCUT2D eigenvalue weighted by atomic mass is 10.0. The molecule has 0 aliphatic carbocycles. The lowest BCUT2D eigenvalue weighted by molar-refractivity contribution is 0.0474. The second-order valence-corrected chi connectivity index (χ2v) is 8.51. The fourth-order valence-electron chi connectivity index (χ4n) is 4.43. The predicted molar refractivity (Wildman–Crippen MR) is 119 cm³/mol. The summed E-state index contributed by atoms with van der Waals surface area (Å²) in [7, 11) is 0. The monoisotopic (exact) mass is 408 g/mol. The molecule has 2 aliphatic heterocycles. The number of anilines is 1. The number of aliphatic hydroxyl groups excluding tert-OH is 1. The first-order chi connectivity index (χ1) is 14.6. The summed E-state index contributed by atoms with van der Waals surface area (Å²) in [4.78, 5) is 21.4. The van der Waals surface area contributed by atoms with E-state index < -0.39 is 6.10 Å². The van der Waals surface area contributed by atoms with Crippen LogP contribution in [0.1, 0.15) is 47.4 Å². The molecule has 0 radical (unpaired) electrons. The van der Waals surface area contributed by atoms with Crippen molar-refractivity contribution in [2.45, 2.75) is 51.3 Å². The lowest BCUT2D eigenvalue weighted by Gasteiger charge is -2.34. The molecule has 1 aromatic carbocycles. The van der Waals surface area contributed by atoms with Crippen molar-refractivity contribution in [2.75, 3.05) is 31.1 Å². The second-order valence-electron chi connectivity index (χ2n) is 8.51. The standard InChI is InChI=1S/C24H32N4O2/c1-18-4-2-5-21(26-18)16-25-20-11-14-27(15-12-20)22-9-7-19(8-10-22)24(30)28-13-3-6-23(29)17-28/h2,4-5,7-10,20,23,25,29H,3,6,11-17H2,1H3/t23-/m1/s1. The summed E-state index contributed by atoms with van der Waals surface area (Å²) in [5.41, 5.74) is 4.03. The Morgan fingerprint density at radius 3 is 2.57 bits per heavy atom. The largest absolute Gasteiger partial charge is 0.391 e. The molecule has 1 aromatic heterocycles. The Morgan fingerprint density at radius 1 is 1.10 bits per heavy atom. The molecule has 2 aliphatic rings. The Labute approximate surface area is 178 Å². The number of likely N-dealkylation sites (tertiary alicyclic amines) is 1.